The van der Waals surface area contributed by atoms with Crippen molar-refractivity contribution in [2.24, 2.45) is 5.92 Å². The van der Waals surface area contributed by atoms with Crippen LogP contribution in [0.25, 0.3) is 6.08 Å². The van der Waals surface area contributed by atoms with Crippen molar-refractivity contribution < 1.29 is 9.53 Å². The van der Waals surface area contributed by atoms with E-state index in [-0.39, 0.29) is 5.91 Å². The van der Waals surface area contributed by atoms with Crippen LogP contribution in [0.15, 0.2) is 59.5 Å². The Hall–Kier alpha value is -2.11. The molecule has 2 aromatic carbocycles. The molecule has 134 valence electrons. The third-order valence-corrected chi connectivity index (χ3v) is 5.23. The first-order valence-electron chi connectivity index (χ1n) is 8.55. The first-order valence-corrected chi connectivity index (χ1v) is 9.77. The summed E-state index contributed by atoms with van der Waals surface area (Å²) < 4.78 is 6.43. The van der Waals surface area contributed by atoms with Crippen LogP contribution in [0.4, 0.5) is 0 Å². The van der Waals surface area contributed by atoms with Gasteiger partial charge in [-0.1, -0.05) is 80.3 Å². The standard InChI is InChI=1S/C21H21NO2S2/c1-15(2)13-22-20(23)19(26-21(22)25)12-16-8-10-18(11-9-16)24-14-17-6-4-3-5-7-17/h3-12,15H,13-14H2,1-2H3/b19-12-. The molecule has 1 amide bonds. The Bertz CT molecular complexity index is 814. The number of ether oxygens (including phenoxy) is 1. The molecule has 0 radical (unpaired) electrons. The molecule has 0 aromatic heterocycles. The minimum atomic E-state index is -0.00176. The van der Waals surface area contributed by atoms with Crippen molar-refractivity contribution in [3.63, 3.8) is 0 Å². The van der Waals surface area contributed by atoms with Crippen LogP contribution in [0.1, 0.15) is 25.0 Å². The highest BCUT2D eigenvalue weighted by Crippen LogP contribution is 2.33. The maximum absolute atomic E-state index is 12.5. The molecule has 1 aliphatic heterocycles. The molecule has 5 heteroatoms. The summed E-state index contributed by atoms with van der Waals surface area (Å²) in [6, 6.07) is 17.8. The minimum Gasteiger partial charge on any atom is -0.489 e. The largest absolute Gasteiger partial charge is 0.489 e. The lowest BCUT2D eigenvalue weighted by Gasteiger charge is -2.16. The number of carbonyl (C=O) groups is 1. The second kappa shape index (κ2) is 8.52. The number of nitrogens with zero attached hydrogens (tertiary/aromatic N) is 1. The lowest BCUT2D eigenvalue weighted by Crippen LogP contribution is -2.31. The molecule has 1 fully saturated rings. The molecule has 0 spiro atoms. The van der Waals surface area contributed by atoms with Gasteiger partial charge in [0, 0.05) is 6.54 Å². The molecule has 1 heterocycles. The molecule has 0 N–H and O–H groups in total. The van der Waals surface area contributed by atoms with E-state index in [4.69, 9.17) is 17.0 Å². The zero-order chi connectivity index (χ0) is 18.5. The SMILES string of the molecule is CC(C)CN1C(=O)/C(=C/c2ccc(OCc3ccccc3)cc2)SC1=S. The van der Waals surface area contributed by atoms with Crippen molar-refractivity contribution in [3.05, 3.63) is 70.6 Å². The lowest BCUT2D eigenvalue weighted by molar-refractivity contribution is -0.122. The van der Waals surface area contributed by atoms with Crippen LogP contribution < -0.4 is 4.74 Å². The van der Waals surface area contributed by atoms with Crippen LogP contribution in [0.2, 0.25) is 0 Å². The average molecular weight is 384 g/mol. The van der Waals surface area contributed by atoms with Gasteiger partial charge in [-0.2, -0.15) is 0 Å². The summed E-state index contributed by atoms with van der Waals surface area (Å²) >= 11 is 6.71. The summed E-state index contributed by atoms with van der Waals surface area (Å²) in [5.74, 6) is 1.19. The average Bonchev–Trinajstić information content (AvgIpc) is 2.89. The molecule has 2 aromatic rings. The second-order valence-corrected chi connectivity index (χ2v) is 8.21. The summed E-state index contributed by atoms with van der Waals surface area (Å²) in [5.41, 5.74) is 2.09. The fraction of sp³-hybridized carbons (Fsp3) is 0.238. The first-order chi connectivity index (χ1) is 12.5. The van der Waals surface area contributed by atoms with E-state index in [1.165, 1.54) is 11.8 Å². The monoisotopic (exact) mass is 383 g/mol. The summed E-state index contributed by atoms with van der Waals surface area (Å²) in [6.45, 7) is 5.36. The van der Waals surface area contributed by atoms with Gasteiger partial charge in [0.15, 0.2) is 0 Å². The smallest absolute Gasteiger partial charge is 0.266 e. The number of thiocarbonyl (C=S) groups is 1. The Morgan fingerprint density at radius 3 is 2.46 bits per heavy atom. The molecule has 0 saturated carbocycles. The van der Waals surface area contributed by atoms with Crippen LogP contribution >= 0.6 is 24.0 Å². The number of hydrogen-bond acceptors (Lipinski definition) is 4. The van der Waals surface area contributed by atoms with Gasteiger partial charge in [-0.3, -0.25) is 9.69 Å². The van der Waals surface area contributed by atoms with Crippen molar-refractivity contribution in [2.45, 2.75) is 20.5 Å². The van der Waals surface area contributed by atoms with Crippen molar-refractivity contribution in [1.82, 2.24) is 4.90 Å². The van der Waals surface area contributed by atoms with E-state index in [1.807, 2.05) is 60.7 Å². The predicted octanol–water partition coefficient (Wildman–Crippen LogP) is 5.12. The second-order valence-electron chi connectivity index (χ2n) is 6.53. The number of hydrogen-bond donors (Lipinski definition) is 0. The predicted molar refractivity (Wildman–Crippen MR) is 112 cm³/mol. The molecule has 1 saturated heterocycles. The highest BCUT2D eigenvalue weighted by atomic mass is 32.2. The van der Waals surface area contributed by atoms with E-state index in [1.54, 1.807) is 4.90 Å². The molecule has 0 aliphatic carbocycles. The number of carbonyl (C=O) groups excluding carboxylic acids is 1. The Morgan fingerprint density at radius 1 is 1.12 bits per heavy atom. The van der Waals surface area contributed by atoms with Crippen LogP contribution in [-0.4, -0.2) is 21.7 Å². The fourth-order valence-corrected chi connectivity index (χ4v) is 3.85. The molecule has 3 nitrogen and oxygen atoms in total. The van der Waals surface area contributed by atoms with Crippen LogP contribution in [0.5, 0.6) is 5.75 Å². The maximum atomic E-state index is 12.5. The summed E-state index contributed by atoms with van der Waals surface area (Å²) in [6.07, 6.45) is 1.89. The van der Waals surface area contributed by atoms with E-state index in [0.29, 0.717) is 28.3 Å². The van der Waals surface area contributed by atoms with Crippen LogP contribution in [-0.2, 0) is 11.4 Å². The quantitative estimate of drug-likeness (QED) is 0.511. The third-order valence-electron chi connectivity index (χ3n) is 3.85. The van der Waals surface area contributed by atoms with Gasteiger partial charge in [0.05, 0.1) is 4.91 Å². The van der Waals surface area contributed by atoms with Crippen LogP contribution in [0, 0.1) is 5.92 Å². The van der Waals surface area contributed by atoms with E-state index in [2.05, 4.69) is 13.8 Å². The topological polar surface area (TPSA) is 29.5 Å². The highest BCUT2D eigenvalue weighted by Gasteiger charge is 2.32. The molecule has 0 atom stereocenters. The molecule has 1 aliphatic rings. The van der Waals surface area contributed by atoms with Gasteiger partial charge in [-0.25, -0.2) is 0 Å². The van der Waals surface area contributed by atoms with Crippen molar-refractivity contribution in [1.29, 1.82) is 0 Å². The Labute approximate surface area is 164 Å². The highest BCUT2D eigenvalue weighted by molar-refractivity contribution is 8.26. The van der Waals surface area contributed by atoms with Crippen molar-refractivity contribution in [2.75, 3.05) is 6.54 Å². The van der Waals surface area contributed by atoms with Gasteiger partial charge in [-0.05, 0) is 35.3 Å². The number of benzene rings is 2. The van der Waals surface area contributed by atoms with Gasteiger partial charge >= 0.3 is 0 Å². The van der Waals surface area contributed by atoms with E-state index < -0.39 is 0 Å². The van der Waals surface area contributed by atoms with Crippen molar-refractivity contribution in [3.8, 4) is 5.75 Å². The zero-order valence-corrected chi connectivity index (χ0v) is 16.5. The summed E-state index contributed by atoms with van der Waals surface area (Å²) in [7, 11) is 0. The number of thioether (sulfide) groups is 1. The van der Waals surface area contributed by atoms with Gasteiger partial charge in [0.2, 0.25) is 0 Å². The zero-order valence-electron chi connectivity index (χ0n) is 14.8. The third kappa shape index (κ3) is 4.74. The van der Waals surface area contributed by atoms with E-state index >= 15 is 0 Å². The minimum absolute atomic E-state index is 0.00176. The molecule has 26 heavy (non-hydrogen) atoms. The fourth-order valence-electron chi connectivity index (χ4n) is 2.58. The normalized spacial score (nSPS) is 16.0. The lowest BCUT2D eigenvalue weighted by atomic mass is 10.2. The van der Waals surface area contributed by atoms with Gasteiger partial charge < -0.3 is 4.74 Å². The Balaban J connectivity index is 1.64. The summed E-state index contributed by atoms with van der Waals surface area (Å²) in [4.78, 5) is 14.9. The first kappa shape index (κ1) is 18.7. The molecule has 3 rings (SSSR count). The van der Waals surface area contributed by atoms with E-state index in [0.717, 1.165) is 16.9 Å². The molecule has 0 unspecified atom stereocenters. The van der Waals surface area contributed by atoms with Gasteiger partial charge in [-0.15, -0.1) is 0 Å². The summed E-state index contributed by atoms with van der Waals surface area (Å²) in [5, 5.41) is 0. The van der Waals surface area contributed by atoms with E-state index in [9.17, 15) is 4.79 Å². The van der Waals surface area contributed by atoms with Crippen molar-refractivity contribution >= 4 is 40.3 Å². The molecular formula is C21H21NO2S2. The molecular weight excluding hydrogens is 362 g/mol. The Kier molecular flexibility index (Phi) is 6.12. The molecule has 0 bridgehead atoms. The maximum Gasteiger partial charge on any atom is 0.266 e. The van der Waals surface area contributed by atoms with Crippen LogP contribution in [0.3, 0.4) is 0 Å². The number of rotatable bonds is 6. The number of amides is 1. The van der Waals surface area contributed by atoms with Gasteiger partial charge in [0.25, 0.3) is 5.91 Å². The van der Waals surface area contributed by atoms with Gasteiger partial charge in [0.1, 0.15) is 16.7 Å². The Morgan fingerprint density at radius 2 is 1.81 bits per heavy atom.